The molecule has 1 aliphatic carbocycles. The van der Waals surface area contributed by atoms with Crippen LogP contribution in [0.2, 0.25) is 0 Å². The van der Waals surface area contributed by atoms with E-state index in [1.807, 2.05) is 0 Å². The molecule has 0 saturated carbocycles. The van der Waals surface area contributed by atoms with Crippen LogP contribution in [-0.2, 0) is 0 Å². The number of fused-ring (bicyclic) bond motifs is 12. The van der Waals surface area contributed by atoms with Crippen molar-refractivity contribution in [2.75, 3.05) is 4.90 Å². The number of furan rings is 1. The molecule has 0 fully saturated rings. The van der Waals surface area contributed by atoms with E-state index in [2.05, 4.69) is 217 Å². The molecule has 0 radical (unpaired) electrons. The Morgan fingerprint density at radius 1 is 0.383 bits per heavy atom. The molecule has 280 valence electrons. The van der Waals surface area contributed by atoms with E-state index < -0.39 is 0 Å². The molecule has 2 heterocycles. The van der Waals surface area contributed by atoms with Gasteiger partial charge in [0.2, 0.25) is 0 Å². The van der Waals surface area contributed by atoms with E-state index in [0.29, 0.717) is 0 Å². The maximum atomic E-state index is 7.01. The Balaban J connectivity index is 0.950. The second kappa shape index (κ2) is 12.6. The molecule has 10 aromatic carbocycles. The SMILES string of the molecule is Cc1ccc2c(oc3c(-c4ccccc4)cccc32)c1N(c1ccccc1)c1ccc2cc3c(cc2c1)-c1cc2cc(-n4c5ccccc5c5ccccc54)ccc2cc1-3. The molecule has 0 amide bonds. The number of aryl methyl sites for hydroxylation is 1. The number of rotatable bonds is 5. The van der Waals surface area contributed by atoms with Crippen molar-refractivity contribution < 1.29 is 4.42 Å². The predicted octanol–water partition coefficient (Wildman–Crippen LogP) is 16.1. The normalized spacial score (nSPS) is 12.1. The van der Waals surface area contributed by atoms with Gasteiger partial charge in [-0.25, -0.2) is 0 Å². The first-order valence-corrected chi connectivity index (χ1v) is 20.7. The van der Waals surface area contributed by atoms with Gasteiger partial charge in [-0.05, 0) is 135 Å². The fourth-order valence-electron chi connectivity index (χ4n) is 9.93. The number of nitrogens with zero attached hydrogens (tertiary/aromatic N) is 2. The molecule has 0 bridgehead atoms. The summed E-state index contributed by atoms with van der Waals surface area (Å²) in [5, 5.41) is 9.71. The highest BCUT2D eigenvalue weighted by Crippen LogP contribution is 2.52. The third kappa shape index (κ3) is 4.78. The smallest absolute Gasteiger partial charge is 0.159 e. The van der Waals surface area contributed by atoms with Gasteiger partial charge in [0.05, 0.1) is 16.7 Å². The van der Waals surface area contributed by atoms with Crippen LogP contribution in [0.1, 0.15) is 5.56 Å². The van der Waals surface area contributed by atoms with E-state index in [-0.39, 0.29) is 0 Å². The van der Waals surface area contributed by atoms with Gasteiger partial charge in [-0.15, -0.1) is 0 Å². The van der Waals surface area contributed by atoms with Crippen molar-refractivity contribution in [2.45, 2.75) is 6.92 Å². The number of hydrogen-bond acceptors (Lipinski definition) is 2. The van der Waals surface area contributed by atoms with Crippen molar-refractivity contribution in [2.24, 2.45) is 0 Å². The van der Waals surface area contributed by atoms with Crippen molar-refractivity contribution in [3.8, 4) is 39.1 Å². The molecule has 3 nitrogen and oxygen atoms in total. The summed E-state index contributed by atoms with van der Waals surface area (Å²) in [6, 6.07) is 72.9. The van der Waals surface area contributed by atoms with Crippen LogP contribution in [0.3, 0.4) is 0 Å². The zero-order chi connectivity index (χ0) is 39.5. The highest BCUT2D eigenvalue weighted by molar-refractivity contribution is 6.16. The summed E-state index contributed by atoms with van der Waals surface area (Å²) in [5.41, 5.74) is 17.3. The van der Waals surface area contributed by atoms with Crippen LogP contribution in [0.15, 0.2) is 205 Å². The van der Waals surface area contributed by atoms with Gasteiger partial charge in [0.25, 0.3) is 0 Å². The minimum Gasteiger partial charge on any atom is -0.453 e. The molecule has 0 N–H and O–H groups in total. The van der Waals surface area contributed by atoms with Crippen molar-refractivity contribution >= 4 is 82.4 Å². The summed E-state index contributed by atoms with van der Waals surface area (Å²) in [4.78, 5) is 2.37. The van der Waals surface area contributed by atoms with E-state index in [4.69, 9.17) is 4.42 Å². The summed E-state index contributed by atoms with van der Waals surface area (Å²) in [6.45, 7) is 2.19. The van der Waals surface area contributed by atoms with E-state index in [1.165, 1.54) is 71.3 Å². The molecule has 0 unspecified atom stereocenters. The molecule has 0 spiro atoms. The van der Waals surface area contributed by atoms with Crippen LogP contribution >= 0.6 is 0 Å². The maximum Gasteiger partial charge on any atom is 0.159 e. The largest absolute Gasteiger partial charge is 0.453 e. The monoisotopic (exact) mass is 764 g/mol. The third-order valence-electron chi connectivity index (χ3n) is 12.8. The maximum absolute atomic E-state index is 7.01. The average molecular weight is 765 g/mol. The molecular formula is C57H36N2O. The third-order valence-corrected chi connectivity index (χ3v) is 12.8. The minimum absolute atomic E-state index is 0.885. The average Bonchev–Trinajstić information content (AvgIpc) is 3.85. The van der Waals surface area contributed by atoms with Crippen LogP contribution in [0, 0.1) is 6.92 Å². The van der Waals surface area contributed by atoms with Crippen LogP contribution in [-0.4, -0.2) is 4.57 Å². The fraction of sp³-hybridized carbons (Fsp3) is 0.0175. The molecule has 12 aromatic rings. The number of hydrogen-bond donors (Lipinski definition) is 0. The topological polar surface area (TPSA) is 21.3 Å². The highest BCUT2D eigenvalue weighted by Gasteiger charge is 2.26. The van der Waals surface area contributed by atoms with Gasteiger partial charge >= 0.3 is 0 Å². The number of benzene rings is 10. The van der Waals surface area contributed by atoms with Gasteiger partial charge in [-0.3, -0.25) is 0 Å². The lowest BCUT2D eigenvalue weighted by atomic mass is 9.78. The molecule has 2 aromatic heterocycles. The van der Waals surface area contributed by atoms with Gasteiger partial charge in [-0.1, -0.05) is 127 Å². The molecular weight excluding hydrogens is 729 g/mol. The van der Waals surface area contributed by atoms with Crippen molar-refractivity contribution in [1.29, 1.82) is 0 Å². The van der Waals surface area contributed by atoms with Gasteiger partial charge in [0.15, 0.2) is 5.58 Å². The number of aromatic nitrogens is 1. The minimum atomic E-state index is 0.885. The summed E-state index contributed by atoms with van der Waals surface area (Å²) in [6.07, 6.45) is 0. The summed E-state index contributed by atoms with van der Waals surface area (Å²) < 4.78 is 9.41. The van der Waals surface area contributed by atoms with Crippen molar-refractivity contribution in [3.05, 3.63) is 206 Å². The Bertz CT molecular complexity index is 3670. The van der Waals surface area contributed by atoms with Crippen LogP contribution in [0.4, 0.5) is 17.1 Å². The second-order valence-electron chi connectivity index (χ2n) is 16.2. The van der Waals surface area contributed by atoms with Gasteiger partial charge < -0.3 is 13.9 Å². The van der Waals surface area contributed by atoms with Crippen molar-refractivity contribution in [1.82, 2.24) is 4.57 Å². The lowest BCUT2D eigenvalue weighted by Crippen LogP contribution is -2.11. The van der Waals surface area contributed by atoms with E-state index in [0.717, 1.165) is 55.7 Å². The predicted molar refractivity (Wildman–Crippen MR) is 252 cm³/mol. The van der Waals surface area contributed by atoms with Gasteiger partial charge in [-0.2, -0.15) is 0 Å². The van der Waals surface area contributed by atoms with Gasteiger partial charge in [0, 0.05) is 44.2 Å². The highest BCUT2D eigenvalue weighted by atomic mass is 16.3. The quantitative estimate of drug-likeness (QED) is 0.174. The molecule has 60 heavy (non-hydrogen) atoms. The lowest BCUT2D eigenvalue weighted by molar-refractivity contribution is 0.670. The summed E-state index contributed by atoms with van der Waals surface area (Å²) >= 11 is 0. The lowest BCUT2D eigenvalue weighted by Gasteiger charge is -2.28. The molecule has 0 saturated heterocycles. The van der Waals surface area contributed by atoms with Crippen LogP contribution in [0.5, 0.6) is 0 Å². The standard InChI is InChI=1S/C57H36N2O/c1-35-23-28-48-47-20-12-19-44(36-13-4-2-5-14-36)56(47)60-57(48)55(35)58(41-15-6-3-7-16-41)42-26-24-37-31-49-50-32-38-25-27-43(30-40(38)34-52(50)51(49)33-39(37)29-42)59-53-21-10-8-17-45(53)46-18-9-11-22-54(46)59/h2-34H,1H3. The molecule has 0 atom stereocenters. The van der Waals surface area contributed by atoms with E-state index >= 15 is 0 Å². The van der Waals surface area contributed by atoms with Gasteiger partial charge in [0.1, 0.15) is 5.58 Å². The zero-order valence-electron chi connectivity index (χ0n) is 32.9. The van der Waals surface area contributed by atoms with Crippen LogP contribution < -0.4 is 4.90 Å². The summed E-state index contributed by atoms with van der Waals surface area (Å²) in [5.74, 6) is 0. The number of anilines is 3. The Morgan fingerprint density at radius 2 is 0.950 bits per heavy atom. The molecule has 0 aliphatic heterocycles. The fourth-order valence-corrected chi connectivity index (χ4v) is 9.93. The van der Waals surface area contributed by atoms with Crippen molar-refractivity contribution in [3.63, 3.8) is 0 Å². The molecule has 3 heteroatoms. The van der Waals surface area contributed by atoms with E-state index in [9.17, 15) is 0 Å². The Kier molecular flexibility index (Phi) is 6.93. The first kappa shape index (κ1) is 33.1. The molecule has 13 rings (SSSR count). The van der Waals surface area contributed by atoms with Crippen LogP contribution in [0.25, 0.3) is 104 Å². The Morgan fingerprint density at radius 3 is 1.65 bits per heavy atom. The number of para-hydroxylation sites is 4. The first-order chi connectivity index (χ1) is 29.7. The molecule has 1 aliphatic rings. The van der Waals surface area contributed by atoms with E-state index in [1.54, 1.807) is 0 Å². The Labute approximate surface area is 346 Å². The zero-order valence-corrected chi connectivity index (χ0v) is 32.9. The second-order valence-corrected chi connectivity index (χ2v) is 16.2. The Hall–Kier alpha value is -7.88. The first-order valence-electron chi connectivity index (χ1n) is 20.7. The summed E-state index contributed by atoms with van der Waals surface area (Å²) in [7, 11) is 0.